The van der Waals surface area contributed by atoms with Crippen molar-refractivity contribution in [2.45, 2.75) is 98.5 Å². The van der Waals surface area contributed by atoms with Crippen molar-refractivity contribution in [3.63, 3.8) is 0 Å². The number of thiol groups is 1. The molecule has 8 nitrogen and oxygen atoms in total. The van der Waals surface area contributed by atoms with Gasteiger partial charge in [0.25, 0.3) is 0 Å². The summed E-state index contributed by atoms with van der Waals surface area (Å²) < 4.78 is 5.88. The van der Waals surface area contributed by atoms with Crippen molar-refractivity contribution in [2.24, 2.45) is 5.41 Å². The SMILES string of the molecule is CCC=CCC=CCC=CCC=CCC=C(C)CCCC(=O)NCCSSCCNC(=O)CCNC(=O)C(O)C(C)(C)COS(C)(S)SCC. The van der Waals surface area contributed by atoms with Crippen molar-refractivity contribution >= 4 is 70.1 Å². The topological polar surface area (TPSA) is 117 Å². The molecule has 4 N–H and O–H groups in total. The molecule has 0 aromatic rings. The first-order valence-electron chi connectivity index (χ1n) is 17.6. The first-order valence-corrected chi connectivity index (χ1v) is 24.6. The van der Waals surface area contributed by atoms with Gasteiger partial charge in [-0.1, -0.05) is 132 Å². The summed E-state index contributed by atoms with van der Waals surface area (Å²) in [5.41, 5.74) is 0.513. The van der Waals surface area contributed by atoms with Crippen molar-refractivity contribution in [2.75, 3.05) is 49.8 Å². The number of amides is 3. The number of carbonyl (C=O) groups is 3. The Labute approximate surface area is 321 Å². The molecule has 0 saturated carbocycles. The fourth-order valence-electron chi connectivity index (χ4n) is 4.08. The fourth-order valence-corrected chi connectivity index (χ4v) is 9.69. The summed E-state index contributed by atoms with van der Waals surface area (Å²) in [6, 6.07) is 0. The highest BCUT2D eigenvalue weighted by atomic mass is 33.5. The standard InChI is InChI=1S/C37H65N3O5S5/c1-7-9-10-11-12-13-14-15-16-17-18-19-20-22-32(3)23-21-24-33(41)38-27-29-47-48-30-28-39-34(42)25-26-40-36(44)35(43)37(4,5)31-45-50(6,46)49-8-2/h9-10,12-13,15-16,18-19,22,35,43,46H,7-8,11,14,17,20-21,23-31H2,1-6H3,(H,38,41)(H,39,42)(H,40,44). The molecule has 0 aliphatic heterocycles. The average Bonchev–Trinajstić information content (AvgIpc) is 3.06. The third kappa shape index (κ3) is 29.4. The summed E-state index contributed by atoms with van der Waals surface area (Å²) in [5.74, 6) is 1.79. The van der Waals surface area contributed by atoms with E-state index in [0.717, 1.165) is 62.2 Å². The number of allylic oxidation sites excluding steroid dienone is 10. The molecule has 0 radical (unpaired) electrons. The van der Waals surface area contributed by atoms with E-state index in [1.807, 2.05) is 13.2 Å². The van der Waals surface area contributed by atoms with E-state index in [1.165, 1.54) is 5.57 Å². The Kier molecular flexibility index (Phi) is 30.6. The van der Waals surface area contributed by atoms with Crippen LogP contribution >= 0.6 is 52.4 Å². The van der Waals surface area contributed by atoms with Crippen LogP contribution in [-0.2, 0) is 18.6 Å². The molecule has 0 saturated heterocycles. The molecule has 2 unspecified atom stereocenters. The monoisotopic (exact) mass is 791 g/mol. The van der Waals surface area contributed by atoms with Crippen molar-refractivity contribution in [3.05, 3.63) is 60.3 Å². The summed E-state index contributed by atoms with van der Waals surface area (Å²) in [6.45, 7) is 11.3. The highest BCUT2D eigenvalue weighted by Gasteiger charge is 2.35. The lowest BCUT2D eigenvalue weighted by Gasteiger charge is -2.35. The van der Waals surface area contributed by atoms with E-state index in [9.17, 15) is 19.5 Å². The number of carbonyl (C=O) groups excluding carboxylic acids is 3. The second-order valence-electron chi connectivity index (χ2n) is 12.3. The van der Waals surface area contributed by atoms with E-state index in [0.29, 0.717) is 19.5 Å². The van der Waals surface area contributed by atoms with Crippen LogP contribution in [0.2, 0.25) is 0 Å². The second-order valence-corrected chi connectivity index (χ2v) is 23.0. The largest absolute Gasteiger partial charge is 0.383 e. The molecule has 0 aliphatic carbocycles. The van der Waals surface area contributed by atoms with Crippen LogP contribution in [0.15, 0.2) is 60.3 Å². The minimum absolute atomic E-state index is 0.0823. The third-order valence-electron chi connectivity index (χ3n) is 7.02. The van der Waals surface area contributed by atoms with Crippen molar-refractivity contribution in [3.8, 4) is 0 Å². The normalized spacial score (nSPS) is 15.2. The van der Waals surface area contributed by atoms with Gasteiger partial charge in [-0.05, 0) is 60.2 Å². The van der Waals surface area contributed by atoms with Gasteiger partial charge in [-0.2, -0.15) is 0 Å². The van der Waals surface area contributed by atoms with Crippen LogP contribution in [0.5, 0.6) is 0 Å². The Bertz CT molecular complexity index is 1090. The van der Waals surface area contributed by atoms with Crippen molar-refractivity contribution in [1.29, 1.82) is 0 Å². The molecule has 0 spiro atoms. The molecular weight excluding hydrogens is 727 g/mol. The van der Waals surface area contributed by atoms with Crippen LogP contribution in [-0.4, -0.2) is 78.7 Å². The van der Waals surface area contributed by atoms with Gasteiger partial charge in [0.05, 0.1) is 6.61 Å². The summed E-state index contributed by atoms with van der Waals surface area (Å²) in [6.07, 6.45) is 27.8. The van der Waals surface area contributed by atoms with Crippen molar-refractivity contribution < 1.29 is 23.7 Å². The minimum atomic E-state index is -1.60. The van der Waals surface area contributed by atoms with E-state index < -0.39 is 25.8 Å². The zero-order valence-electron chi connectivity index (χ0n) is 31.2. The lowest BCUT2D eigenvalue weighted by Crippen LogP contribution is -2.46. The zero-order valence-corrected chi connectivity index (χ0v) is 35.4. The molecule has 0 rings (SSSR count). The molecule has 3 amide bonds. The first-order chi connectivity index (χ1) is 23.8. The smallest absolute Gasteiger partial charge is 0.249 e. The van der Waals surface area contributed by atoms with Gasteiger partial charge in [0.15, 0.2) is 0 Å². The maximum atomic E-state index is 12.4. The van der Waals surface area contributed by atoms with Crippen LogP contribution in [0.25, 0.3) is 0 Å². The molecule has 288 valence electrons. The van der Waals surface area contributed by atoms with Gasteiger partial charge in [0.2, 0.25) is 17.7 Å². The van der Waals surface area contributed by atoms with Gasteiger partial charge in [-0.25, -0.2) is 0 Å². The Balaban J connectivity index is 3.84. The number of nitrogens with one attached hydrogen (secondary N) is 3. The predicted molar refractivity (Wildman–Crippen MR) is 228 cm³/mol. The van der Waals surface area contributed by atoms with Gasteiger partial charge in [-0.3, -0.25) is 14.4 Å². The quantitative estimate of drug-likeness (QED) is 0.0213. The molecule has 0 aliphatic rings. The number of hydrogen-bond donors (Lipinski definition) is 5. The molecule has 0 bridgehead atoms. The number of aliphatic hydroxyl groups excluding tert-OH is 1. The minimum Gasteiger partial charge on any atom is -0.383 e. The van der Waals surface area contributed by atoms with E-state index in [-0.39, 0.29) is 31.4 Å². The summed E-state index contributed by atoms with van der Waals surface area (Å²) in [4.78, 5) is 36.7. The second kappa shape index (κ2) is 31.3. The number of aliphatic hydroxyl groups is 1. The average molecular weight is 792 g/mol. The first kappa shape index (κ1) is 48.8. The lowest BCUT2D eigenvalue weighted by atomic mass is 9.87. The van der Waals surface area contributed by atoms with Crippen LogP contribution < -0.4 is 16.0 Å². The highest BCUT2D eigenvalue weighted by molar-refractivity contribution is 9.19. The lowest BCUT2D eigenvalue weighted by molar-refractivity contribution is -0.136. The van der Waals surface area contributed by atoms with Crippen LogP contribution in [0.1, 0.15) is 92.4 Å². The van der Waals surface area contributed by atoms with Gasteiger partial charge >= 0.3 is 0 Å². The zero-order chi connectivity index (χ0) is 37.5. The summed E-state index contributed by atoms with van der Waals surface area (Å²) >= 11 is 4.55. The van der Waals surface area contributed by atoms with Crippen LogP contribution in [0.3, 0.4) is 0 Å². The molecule has 0 heterocycles. The third-order valence-corrected chi connectivity index (χ3v) is 14.2. The van der Waals surface area contributed by atoms with Gasteiger partial charge < -0.3 is 25.2 Å². The molecule has 0 aromatic carbocycles. The van der Waals surface area contributed by atoms with Crippen LogP contribution in [0.4, 0.5) is 0 Å². The fraction of sp³-hybridized carbons (Fsp3) is 0.649. The highest BCUT2D eigenvalue weighted by Crippen LogP contribution is 2.62. The van der Waals surface area contributed by atoms with E-state index in [1.54, 1.807) is 46.2 Å². The van der Waals surface area contributed by atoms with Gasteiger partial charge in [0, 0.05) is 61.4 Å². The molecule has 2 atom stereocenters. The molecule has 50 heavy (non-hydrogen) atoms. The van der Waals surface area contributed by atoms with E-state index >= 15 is 0 Å². The molecular formula is C37H65N3O5S5. The number of hydrogen-bond acceptors (Lipinski definition) is 9. The summed E-state index contributed by atoms with van der Waals surface area (Å²) in [7, 11) is 3.31. The maximum absolute atomic E-state index is 12.4. The Hall–Kier alpha value is -1.22. The Morgan fingerprint density at radius 1 is 0.800 bits per heavy atom. The molecule has 13 heteroatoms. The van der Waals surface area contributed by atoms with Crippen molar-refractivity contribution in [1.82, 2.24) is 16.0 Å². The van der Waals surface area contributed by atoms with E-state index in [2.05, 4.69) is 96.1 Å². The van der Waals surface area contributed by atoms with E-state index in [4.69, 9.17) is 4.18 Å². The Morgan fingerprint density at radius 2 is 1.32 bits per heavy atom. The molecule has 0 aromatic heterocycles. The van der Waals surface area contributed by atoms with Crippen LogP contribution in [0, 0.1) is 5.41 Å². The molecule has 0 fully saturated rings. The summed E-state index contributed by atoms with van der Waals surface area (Å²) in [5, 5.41) is 19.0. The Morgan fingerprint density at radius 3 is 1.86 bits per heavy atom. The van der Waals surface area contributed by atoms with Gasteiger partial charge in [-0.15, -0.1) is 0 Å². The predicted octanol–water partition coefficient (Wildman–Crippen LogP) is 8.68. The number of rotatable bonds is 30. The maximum Gasteiger partial charge on any atom is 0.249 e. The van der Waals surface area contributed by atoms with Gasteiger partial charge in [0.1, 0.15) is 6.10 Å².